The maximum absolute atomic E-state index is 9.78. The molecule has 0 amide bonds. The lowest BCUT2D eigenvalue weighted by Gasteiger charge is -2.12. The van der Waals surface area contributed by atoms with Crippen molar-refractivity contribution in [2.45, 2.75) is 19.3 Å². The maximum atomic E-state index is 9.78. The number of aliphatic hydroxyl groups is 1. The molecular weight excluding hydrogens is 296 g/mol. The molecule has 1 aromatic heterocycles. The van der Waals surface area contributed by atoms with E-state index in [2.05, 4.69) is 10.3 Å². The van der Waals surface area contributed by atoms with Crippen LogP contribution in [0.25, 0.3) is 0 Å². The first-order chi connectivity index (χ1) is 9.74. The van der Waals surface area contributed by atoms with Crippen LogP contribution in [0, 0.1) is 0 Å². The van der Waals surface area contributed by atoms with Gasteiger partial charge in [-0.3, -0.25) is 4.98 Å². The van der Waals surface area contributed by atoms with E-state index < -0.39 is 6.10 Å². The third-order valence-corrected chi connectivity index (χ3v) is 3.69. The summed E-state index contributed by atoms with van der Waals surface area (Å²) in [5.74, 6) is 0. The van der Waals surface area contributed by atoms with Crippen molar-refractivity contribution in [1.82, 2.24) is 10.3 Å². The predicted molar refractivity (Wildman–Crippen MR) is 80.9 cm³/mol. The number of benzene rings is 1. The monoisotopic (exact) mass is 312 g/mol. The Hall–Kier alpha value is -0.980. The SMILES string of the molecule is OC(CNCc1cncs1)COCc1ccc(Cl)cc1. The Morgan fingerprint density at radius 3 is 2.85 bits per heavy atom. The summed E-state index contributed by atoms with van der Waals surface area (Å²) in [6.07, 6.45) is 1.30. The van der Waals surface area contributed by atoms with Crippen LogP contribution in [0.2, 0.25) is 5.02 Å². The van der Waals surface area contributed by atoms with Crippen LogP contribution in [0.1, 0.15) is 10.4 Å². The molecule has 1 unspecified atom stereocenters. The molecule has 0 saturated carbocycles. The molecular formula is C14H17ClN2O2S. The molecule has 0 bridgehead atoms. The van der Waals surface area contributed by atoms with Gasteiger partial charge in [-0.15, -0.1) is 11.3 Å². The first kappa shape index (κ1) is 15.4. The molecule has 4 nitrogen and oxygen atoms in total. The third kappa shape index (κ3) is 5.56. The van der Waals surface area contributed by atoms with Crippen LogP contribution in [0.15, 0.2) is 36.0 Å². The normalized spacial score (nSPS) is 12.5. The number of thiazole rings is 1. The molecule has 0 saturated heterocycles. The fourth-order valence-electron chi connectivity index (χ4n) is 1.64. The summed E-state index contributed by atoms with van der Waals surface area (Å²) in [6, 6.07) is 7.48. The van der Waals surface area contributed by atoms with E-state index in [4.69, 9.17) is 16.3 Å². The third-order valence-electron chi connectivity index (χ3n) is 2.65. The fourth-order valence-corrected chi connectivity index (χ4v) is 2.33. The molecule has 0 aliphatic carbocycles. The van der Waals surface area contributed by atoms with Gasteiger partial charge in [0.25, 0.3) is 0 Å². The molecule has 0 aliphatic heterocycles. The molecule has 0 fully saturated rings. The molecule has 2 rings (SSSR count). The lowest BCUT2D eigenvalue weighted by Crippen LogP contribution is -2.29. The fraction of sp³-hybridized carbons (Fsp3) is 0.357. The van der Waals surface area contributed by atoms with Crippen molar-refractivity contribution in [2.75, 3.05) is 13.2 Å². The summed E-state index contributed by atoms with van der Waals surface area (Å²) in [7, 11) is 0. The molecule has 1 heterocycles. The molecule has 20 heavy (non-hydrogen) atoms. The Bertz CT molecular complexity index is 490. The van der Waals surface area contributed by atoms with E-state index in [1.165, 1.54) is 0 Å². The van der Waals surface area contributed by atoms with Crippen molar-refractivity contribution in [3.63, 3.8) is 0 Å². The highest BCUT2D eigenvalue weighted by molar-refractivity contribution is 7.09. The number of nitrogens with one attached hydrogen (secondary N) is 1. The van der Waals surface area contributed by atoms with Gasteiger partial charge >= 0.3 is 0 Å². The summed E-state index contributed by atoms with van der Waals surface area (Å²) >= 11 is 7.40. The number of rotatable bonds is 8. The highest BCUT2D eigenvalue weighted by Gasteiger charge is 2.04. The van der Waals surface area contributed by atoms with Gasteiger partial charge < -0.3 is 15.2 Å². The number of ether oxygens (including phenoxy) is 1. The molecule has 1 aromatic carbocycles. The molecule has 108 valence electrons. The minimum absolute atomic E-state index is 0.304. The Morgan fingerprint density at radius 2 is 2.15 bits per heavy atom. The second-order valence-corrected chi connectivity index (χ2v) is 5.80. The van der Waals surface area contributed by atoms with Crippen LogP contribution in [0.3, 0.4) is 0 Å². The van der Waals surface area contributed by atoms with Crippen LogP contribution in [0.4, 0.5) is 0 Å². The largest absolute Gasteiger partial charge is 0.389 e. The van der Waals surface area contributed by atoms with Crippen LogP contribution >= 0.6 is 22.9 Å². The molecule has 0 spiro atoms. The van der Waals surface area contributed by atoms with Gasteiger partial charge in [0, 0.05) is 29.2 Å². The van der Waals surface area contributed by atoms with Crippen molar-refractivity contribution in [3.8, 4) is 0 Å². The number of aromatic nitrogens is 1. The van der Waals surface area contributed by atoms with Crippen molar-refractivity contribution in [2.24, 2.45) is 0 Å². The Kier molecular flexibility index (Phi) is 6.42. The number of nitrogens with zero attached hydrogens (tertiary/aromatic N) is 1. The zero-order chi connectivity index (χ0) is 14.2. The van der Waals surface area contributed by atoms with E-state index in [1.54, 1.807) is 16.8 Å². The van der Waals surface area contributed by atoms with Gasteiger partial charge in [-0.25, -0.2) is 0 Å². The molecule has 2 aromatic rings. The lowest BCUT2D eigenvalue weighted by molar-refractivity contribution is 0.0287. The zero-order valence-corrected chi connectivity index (χ0v) is 12.5. The molecule has 2 N–H and O–H groups in total. The summed E-state index contributed by atoms with van der Waals surface area (Å²) in [4.78, 5) is 5.14. The topological polar surface area (TPSA) is 54.4 Å². The second kappa shape index (κ2) is 8.34. The van der Waals surface area contributed by atoms with Gasteiger partial charge in [0.15, 0.2) is 0 Å². The van der Waals surface area contributed by atoms with Crippen LogP contribution in [-0.4, -0.2) is 29.3 Å². The van der Waals surface area contributed by atoms with Gasteiger partial charge in [0.2, 0.25) is 0 Å². The summed E-state index contributed by atoms with van der Waals surface area (Å²) in [5.41, 5.74) is 2.84. The minimum atomic E-state index is -0.518. The highest BCUT2D eigenvalue weighted by atomic mass is 35.5. The van der Waals surface area contributed by atoms with Gasteiger partial charge in [0.1, 0.15) is 0 Å². The molecule has 6 heteroatoms. The zero-order valence-electron chi connectivity index (χ0n) is 11.0. The predicted octanol–water partition coefficient (Wildman–Crippen LogP) is 2.46. The van der Waals surface area contributed by atoms with Gasteiger partial charge in [0.05, 0.1) is 24.8 Å². The molecule has 0 aliphatic rings. The van der Waals surface area contributed by atoms with Crippen molar-refractivity contribution in [3.05, 3.63) is 51.4 Å². The average molecular weight is 313 g/mol. The van der Waals surface area contributed by atoms with Crippen molar-refractivity contribution in [1.29, 1.82) is 0 Å². The number of hydrogen-bond donors (Lipinski definition) is 2. The second-order valence-electron chi connectivity index (χ2n) is 4.39. The summed E-state index contributed by atoms with van der Waals surface area (Å²) < 4.78 is 5.47. The van der Waals surface area contributed by atoms with Crippen molar-refractivity contribution < 1.29 is 9.84 Å². The first-order valence-corrected chi connectivity index (χ1v) is 7.58. The van der Waals surface area contributed by atoms with Crippen LogP contribution < -0.4 is 5.32 Å². The van der Waals surface area contributed by atoms with Gasteiger partial charge in [-0.2, -0.15) is 0 Å². The van der Waals surface area contributed by atoms with E-state index in [0.717, 1.165) is 17.0 Å². The Labute approximate surface area is 127 Å². The molecule has 0 radical (unpaired) electrons. The van der Waals surface area contributed by atoms with E-state index in [-0.39, 0.29) is 0 Å². The summed E-state index contributed by atoms with van der Waals surface area (Å²) in [5, 5.41) is 13.7. The van der Waals surface area contributed by atoms with E-state index in [0.29, 0.717) is 24.8 Å². The van der Waals surface area contributed by atoms with Gasteiger partial charge in [-0.1, -0.05) is 23.7 Å². The smallest absolute Gasteiger partial charge is 0.0897 e. The van der Waals surface area contributed by atoms with E-state index in [1.807, 2.05) is 30.5 Å². The van der Waals surface area contributed by atoms with E-state index in [9.17, 15) is 5.11 Å². The quantitative estimate of drug-likeness (QED) is 0.786. The Morgan fingerprint density at radius 1 is 1.35 bits per heavy atom. The van der Waals surface area contributed by atoms with Crippen LogP contribution in [0.5, 0.6) is 0 Å². The summed E-state index contributed by atoms with van der Waals surface area (Å²) in [6.45, 7) is 2.00. The number of hydrogen-bond acceptors (Lipinski definition) is 5. The standard InChI is InChI=1S/C14H17ClN2O2S/c15-12-3-1-11(2-4-12)8-19-9-13(18)5-16-6-14-7-17-10-20-14/h1-4,7,10,13,16,18H,5-6,8-9H2. The average Bonchev–Trinajstić information content (AvgIpc) is 2.94. The maximum Gasteiger partial charge on any atom is 0.0897 e. The van der Waals surface area contributed by atoms with E-state index >= 15 is 0 Å². The number of halogens is 1. The minimum Gasteiger partial charge on any atom is -0.389 e. The number of aliphatic hydroxyl groups excluding tert-OH is 1. The van der Waals surface area contributed by atoms with Crippen LogP contribution in [-0.2, 0) is 17.9 Å². The lowest BCUT2D eigenvalue weighted by atomic mass is 10.2. The Balaban J connectivity index is 1.58. The highest BCUT2D eigenvalue weighted by Crippen LogP contribution is 2.10. The van der Waals surface area contributed by atoms with Gasteiger partial charge in [-0.05, 0) is 17.7 Å². The van der Waals surface area contributed by atoms with Crippen molar-refractivity contribution >= 4 is 22.9 Å². The molecule has 1 atom stereocenters. The first-order valence-electron chi connectivity index (χ1n) is 6.32.